The van der Waals surface area contributed by atoms with Crippen molar-refractivity contribution in [1.82, 2.24) is 5.32 Å². The first-order valence-corrected chi connectivity index (χ1v) is 10.9. The summed E-state index contributed by atoms with van der Waals surface area (Å²) in [6, 6.07) is 15.1. The van der Waals surface area contributed by atoms with E-state index in [2.05, 4.69) is 17.4 Å². The quantitative estimate of drug-likeness (QED) is 0.368. The van der Waals surface area contributed by atoms with Gasteiger partial charge in [-0.25, -0.2) is 0 Å². The van der Waals surface area contributed by atoms with Gasteiger partial charge in [0.2, 0.25) is 5.91 Å². The van der Waals surface area contributed by atoms with Gasteiger partial charge in [-0.1, -0.05) is 48.5 Å². The van der Waals surface area contributed by atoms with E-state index in [1.165, 1.54) is 5.56 Å². The maximum absolute atomic E-state index is 12.7. The minimum absolute atomic E-state index is 0.0224. The Morgan fingerprint density at radius 1 is 1.13 bits per heavy atom. The normalized spacial score (nSPS) is 19.0. The van der Waals surface area contributed by atoms with Crippen molar-refractivity contribution in [3.63, 3.8) is 0 Å². The van der Waals surface area contributed by atoms with Crippen molar-refractivity contribution in [3.05, 3.63) is 70.8 Å². The molecule has 0 unspecified atom stereocenters. The number of carbonyl (C=O) groups is 2. The van der Waals surface area contributed by atoms with Gasteiger partial charge < -0.3 is 16.8 Å². The third-order valence-electron chi connectivity index (χ3n) is 6.23. The lowest BCUT2D eigenvalue weighted by Crippen LogP contribution is -2.41. The summed E-state index contributed by atoms with van der Waals surface area (Å²) in [6.45, 7) is 2.28. The van der Waals surface area contributed by atoms with E-state index in [-0.39, 0.29) is 23.4 Å². The second kappa shape index (κ2) is 10.4. The molecule has 0 aliphatic heterocycles. The summed E-state index contributed by atoms with van der Waals surface area (Å²) in [5.74, 6) is 0.339. The molecular formula is C25H32N4O2. The molecule has 3 atom stereocenters. The van der Waals surface area contributed by atoms with Crippen LogP contribution in [0.15, 0.2) is 48.5 Å². The van der Waals surface area contributed by atoms with E-state index in [0.29, 0.717) is 30.9 Å². The highest BCUT2D eigenvalue weighted by Gasteiger charge is 2.32. The molecule has 6 nitrogen and oxygen atoms in total. The number of nitrogens with one attached hydrogen (secondary N) is 2. The summed E-state index contributed by atoms with van der Waals surface area (Å²) >= 11 is 0. The zero-order valence-electron chi connectivity index (χ0n) is 18.1. The molecule has 6 N–H and O–H groups in total. The minimum Gasteiger partial charge on any atom is -0.384 e. The molecule has 0 saturated heterocycles. The zero-order chi connectivity index (χ0) is 22.4. The van der Waals surface area contributed by atoms with Crippen molar-refractivity contribution in [2.45, 2.75) is 57.5 Å². The van der Waals surface area contributed by atoms with Crippen LogP contribution >= 0.6 is 0 Å². The first kappa shape index (κ1) is 22.7. The standard InChI is InChI=1S/C25H32N4O2/c1-16(23(30)12-7-17-5-8-19(9-6-17)24(27)28)29-25(31)22-11-10-21(14-22)20-4-2-3-18(13-20)15-26/h2-6,8-9,13,16,21-22H,7,10-12,14-15,26H2,1H3,(H3,27,28)(H,29,31)/t16-,21-,22+/m0/s1. The Morgan fingerprint density at radius 3 is 2.55 bits per heavy atom. The molecule has 0 spiro atoms. The van der Waals surface area contributed by atoms with E-state index in [4.69, 9.17) is 16.9 Å². The number of amides is 1. The topological polar surface area (TPSA) is 122 Å². The Hall–Kier alpha value is -2.99. The zero-order valence-corrected chi connectivity index (χ0v) is 18.1. The number of amidine groups is 1. The Morgan fingerprint density at radius 2 is 1.87 bits per heavy atom. The number of aryl methyl sites for hydroxylation is 1. The number of ketones is 1. The van der Waals surface area contributed by atoms with Crippen LogP contribution in [-0.4, -0.2) is 23.6 Å². The van der Waals surface area contributed by atoms with Crippen LogP contribution in [0.25, 0.3) is 0 Å². The number of rotatable bonds is 9. The maximum atomic E-state index is 12.7. The molecule has 1 fully saturated rings. The van der Waals surface area contributed by atoms with Crippen molar-refractivity contribution in [1.29, 1.82) is 5.41 Å². The largest absolute Gasteiger partial charge is 0.384 e. The molecule has 0 bridgehead atoms. The van der Waals surface area contributed by atoms with E-state index in [1.54, 1.807) is 19.1 Å². The second-order valence-electron chi connectivity index (χ2n) is 8.46. The number of carbonyl (C=O) groups excluding carboxylic acids is 2. The lowest BCUT2D eigenvalue weighted by Gasteiger charge is -2.17. The third kappa shape index (κ3) is 6.01. The van der Waals surface area contributed by atoms with Crippen LogP contribution in [0.1, 0.15) is 60.8 Å². The van der Waals surface area contributed by atoms with Crippen LogP contribution < -0.4 is 16.8 Å². The van der Waals surface area contributed by atoms with Crippen LogP contribution in [0.3, 0.4) is 0 Å². The van der Waals surface area contributed by atoms with Gasteiger partial charge >= 0.3 is 0 Å². The molecule has 6 heteroatoms. The number of hydrogen-bond donors (Lipinski definition) is 4. The van der Waals surface area contributed by atoms with Crippen molar-refractivity contribution in [2.24, 2.45) is 17.4 Å². The minimum atomic E-state index is -0.497. The van der Waals surface area contributed by atoms with E-state index >= 15 is 0 Å². The summed E-state index contributed by atoms with van der Waals surface area (Å²) in [5, 5.41) is 10.3. The predicted molar refractivity (Wildman–Crippen MR) is 123 cm³/mol. The fourth-order valence-electron chi connectivity index (χ4n) is 4.24. The number of nitrogens with two attached hydrogens (primary N) is 2. The molecule has 0 heterocycles. The van der Waals surface area contributed by atoms with Crippen molar-refractivity contribution < 1.29 is 9.59 Å². The van der Waals surface area contributed by atoms with Crippen molar-refractivity contribution >= 4 is 17.5 Å². The maximum Gasteiger partial charge on any atom is 0.223 e. The predicted octanol–water partition coefficient (Wildman–Crippen LogP) is 3.02. The van der Waals surface area contributed by atoms with Crippen molar-refractivity contribution in [3.8, 4) is 0 Å². The first-order chi connectivity index (χ1) is 14.9. The fourth-order valence-corrected chi connectivity index (χ4v) is 4.24. The summed E-state index contributed by atoms with van der Waals surface area (Å²) in [4.78, 5) is 25.2. The average molecular weight is 421 g/mol. The molecule has 1 saturated carbocycles. The molecule has 2 aromatic carbocycles. The summed E-state index contributed by atoms with van der Waals surface area (Å²) in [6.07, 6.45) is 3.58. The van der Waals surface area contributed by atoms with Crippen LogP contribution in [0.4, 0.5) is 0 Å². The molecule has 31 heavy (non-hydrogen) atoms. The highest BCUT2D eigenvalue weighted by Crippen LogP contribution is 2.38. The number of nitrogen functional groups attached to an aromatic ring is 1. The van der Waals surface area contributed by atoms with Crippen LogP contribution in [0, 0.1) is 11.3 Å². The average Bonchev–Trinajstić information content (AvgIpc) is 3.28. The van der Waals surface area contributed by atoms with Crippen LogP contribution in [0.5, 0.6) is 0 Å². The molecule has 1 aliphatic rings. The molecule has 1 amide bonds. The Bertz CT molecular complexity index is 939. The number of hydrogen-bond acceptors (Lipinski definition) is 4. The van der Waals surface area contributed by atoms with E-state index in [1.807, 2.05) is 24.3 Å². The van der Waals surface area contributed by atoms with Gasteiger partial charge in [-0.15, -0.1) is 0 Å². The van der Waals surface area contributed by atoms with E-state index in [9.17, 15) is 9.59 Å². The Labute approximate surface area is 183 Å². The Kier molecular flexibility index (Phi) is 7.58. The Balaban J connectivity index is 1.47. The smallest absolute Gasteiger partial charge is 0.223 e. The van der Waals surface area contributed by atoms with Gasteiger partial charge in [0.05, 0.1) is 6.04 Å². The van der Waals surface area contributed by atoms with Gasteiger partial charge in [0.15, 0.2) is 5.78 Å². The number of benzene rings is 2. The summed E-state index contributed by atoms with van der Waals surface area (Å²) in [7, 11) is 0. The van der Waals surface area contributed by atoms with E-state index < -0.39 is 6.04 Å². The van der Waals surface area contributed by atoms with Gasteiger partial charge in [0.1, 0.15) is 5.84 Å². The molecule has 0 radical (unpaired) electrons. The van der Waals surface area contributed by atoms with Gasteiger partial charge in [-0.2, -0.15) is 0 Å². The molecule has 2 aromatic rings. The molecule has 0 aromatic heterocycles. The highest BCUT2D eigenvalue weighted by atomic mass is 16.2. The summed E-state index contributed by atoms with van der Waals surface area (Å²) in [5.41, 5.74) is 15.2. The third-order valence-corrected chi connectivity index (χ3v) is 6.23. The van der Waals surface area contributed by atoms with Gasteiger partial charge in [0, 0.05) is 24.4 Å². The SMILES string of the molecule is C[C@H](NC(=O)[C@@H]1CC[C@H](c2cccc(CN)c2)C1)C(=O)CCc1ccc(C(=N)N)cc1. The van der Waals surface area contributed by atoms with Crippen LogP contribution in [0.2, 0.25) is 0 Å². The summed E-state index contributed by atoms with van der Waals surface area (Å²) < 4.78 is 0. The molecule has 164 valence electrons. The van der Waals surface area contributed by atoms with Crippen LogP contribution in [-0.2, 0) is 22.6 Å². The van der Waals surface area contributed by atoms with Gasteiger partial charge in [0.25, 0.3) is 0 Å². The lowest BCUT2D eigenvalue weighted by atomic mass is 9.94. The molecular weight excluding hydrogens is 388 g/mol. The van der Waals surface area contributed by atoms with Crippen molar-refractivity contribution in [2.75, 3.05) is 0 Å². The molecule has 1 aliphatic carbocycles. The molecule has 3 rings (SSSR count). The highest BCUT2D eigenvalue weighted by molar-refractivity contribution is 5.95. The van der Waals surface area contributed by atoms with Gasteiger partial charge in [-0.3, -0.25) is 15.0 Å². The lowest BCUT2D eigenvalue weighted by molar-refractivity contribution is -0.129. The second-order valence-corrected chi connectivity index (χ2v) is 8.46. The fraction of sp³-hybridized carbons (Fsp3) is 0.400. The monoisotopic (exact) mass is 420 g/mol. The first-order valence-electron chi connectivity index (χ1n) is 10.9. The van der Waals surface area contributed by atoms with Gasteiger partial charge in [-0.05, 0) is 55.2 Å². The van der Waals surface area contributed by atoms with E-state index in [0.717, 1.165) is 30.4 Å². The number of Topliss-reactive ketones (excluding diaryl/α,β-unsaturated/α-hetero) is 1.